The van der Waals surface area contributed by atoms with Crippen molar-refractivity contribution < 1.29 is 9.53 Å². The Hall–Kier alpha value is -4.20. The number of nitrogens with zero attached hydrogens (tertiary/aromatic N) is 6. The summed E-state index contributed by atoms with van der Waals surface area (Å²) in [7, 11) is 0. The Balaban J connectivity index is 1.11. The summed E-state index contributed by atoms with van der Waals surface area (Å²) in [6.07, 6.45) is 10.9. The van der Waals surface area contributed by atoms with Crippen molar-refractivity contribution >= 4 is 23.6 Å². The number of ether oxygens (including phenoxy) is 1. The van der Waals surface area contributed by atoms with Crippen LogP contribution in [0, 0.1) is 0 Å². The number of aromatic nitrogens is 4. The molecule has 8 nitrogen and oxygen atoms in total. The predicted molar refractivity (Wildman–Crippen MR) is 126 cm³/mol. The summed E-state index contributed by atoms with van der Waals surface area (Å²) >= 11 is 0. The first-order valence-electron chi connectivity index (χ1n) is 10.9. The maximum atomic E-state index is 12.6. The van der Waals surface area contributed by atoms with Gasteiger partial charge >= 0.3 is 0 Å². The Morgan fingerprint density at radius 1 is 0.970 bits per heavy atom. The molecule has 166 valence electrons. The topological polar surface area (TPSA) is 75.9 Å². The molecule has 33 heavy (non-hydrogen) atoms. The second kappa shape index (κ2) is 9.52. The summed E-state index contributed by atoms with van der Waals surface area (Å²) < 4.78 is 7.83. The van der Waals surface area contributed by atoms with Gasteiger partial charge in [0.2, 0.25) is 11.9 Å². The van der Waals surface area contributed by atoms with Crippen LogP contribution >= 0.6 is 0 Å². The van der Waals surface area contributed by atoms with Crippen LogP contribution in [0.5, 0.6) is 5.75 Å². The van der Waals surface area contributed by atoms with Crippen LogP contribution in [0.25, 0.3) is 11.7 Å². The first kappa shape index (κ1) is 20.7. The minimum absolute atomic E-state index is 0.0100. The monoisotopic (exact) mass is 440 g/mol. The first-order chi connectivity index (χ1) is 16.2. The fraction of sp³-hybridized carbons (Fsp3) is 0.200. The fourth-order valence-corrected chi connectivity index (χ4v) is 3.74. The third-order valence-corrected chi connectivity index (χ3v) is 5.53. The van der Waals surface area contributed by atoms with E-state index in [1.807, 2.05) is 70.2 Å². The number of benzene rings is 1. The van der Waals surface area contributed by atoms with Gasteiger partial charge in [-0.25, -0.2) is 15.0 Å². The van der Waals surface area contributed by atoms with E-state index in [4.69, 9.17) is 4.74 Å². The number of imidazole rings is 1. The molecule has 0 saturated carbocycles. The summed E-state index contributed by atoms with van der Waals surface area (Å²) in [5, 5.41) is 0. The van der Waals surface area contributed by atoms with Crippen molar-refractivity contribution in [2.45, 2.75) is 6.61 Å². The molecule has 0 spiro atoms. The van der Waals surface area contributed by atoms with E-state index < -0.39 is 0 Å². The maximum absolute atomic E-state index is 12.6. The highest BCUT2D eigenvalue weighted by atomic mass is 16.5. The van der Waals surface area contributed by atoms with Crippen LogP contribution in [-0.4, -0.2) is 56.3 Å². The van der Waals surface area contributed by atoms with Gasteiger partial charge < -0.3 is 18.9 Å². The Morgan fingerprint density at radius 2 is 1.76 bits per heavy atom. The molecule has 0 N–H and O–H groups in total. The molecule has 8 heteroatoms. The van der Waals surface area contributed by atoms with Crippen molar-refractivity contribution in [3.63, 3.8) is 0 Å². The average molecular weight is 441 g/mol. The van der Waals surface area contributed by atoms with E-state index in [1.165, 1.54) is 0 Å². The van der Waals surface area contributed by atoms with Gasteiger partial charge in [0.15, 0.2) is 0 Å². The first-order valence-corrected chi connectivity index (χ1v) is 10.9. The SMILES string of the molecule is O=C(/C=C/c1ccc(OCc2cn3ccccc3n2)cc1)N1CCN(c2ncccn2)CC1. The smallest absolute Gasteiger partial charge is 0.246 e. The van der Waals surface area contributed by atoms with Gasteiger partial charge in [0.25, 0.3) is 0 Å². The molecular formula is C25H24N6O2. The van der Waals surface area contributed by atoms with E-state index in [0.29, 0.717) is 25.6 Å². The van der Waals surface area contributed by atoms with Crippen LogP contribution in [0.3, 0.4) is 0 Å². The quantitative estimate of drug-likeness (QED) is 0.429. The van der Waals surface area contributed by atoms with Crippen molar-refractivity contribution in [3.05, 3.63) is 90.7 Å². The van der Waals surface area contributed by atoms with Crippen molar-refractivity contribution in [2.75, 3.05) is 31.1 Å². The number of amides is 1. The molecule has 1 aromatic carbocycles. The number of pyridine rings is 1. The van der Waals surface area contributed by atoms with Crippen LogP contribution in [-0.2, 0) is 11.4 Å². The number of piperazine rings is 1. The predicted octanol–water partition coefficient (Wildman–Crippen LogP) is 3.07. The molecule has 0 unspecified atom stereocenters. The van der Waals surface area contributed by atoms with E-state index in [2.05, 4.69) is 19.9 Å². The van der Waals surface area contributed by atoms with Crippen molar-refractivity contribution in [3.8, 4) is 5.75 Å². The number of rotatable bonds is 6. The summed E-state index contributed by atoms with van der Waals surface area (Å²) in [6, 6.07) is 15.4. The summed E-state index contributed by atoms with van der Waals surface area (Å²) in [4.78, 5) is 29.6. The molecule has 4 aromatic rings. The van der Waals surface area contributed by atoms with E-state index in [-0.39, 0.29) is 5.91 Å². The second-order valence-electron chi connectivity index (χ2n) is 7.75. The lowest BCUT2D eigenvalue weighted by molar-refractivity contribution is -0.126. The molecule has 3 aromatic heterocycles. The van der Waals surface area contributed by atoms with Gasteiger partial charge in [-0.1, -0.05) is 18.2 Å². The third kappa shape index (κ3) is 5.01. The van der Waals surface area contributed by atoms with E-state index in [1.54, 1.807) is 24.5 Å². The van der Waals surface area contributed by atoms with E-state index in [0.717, 1.165) is 35.7 Å². The highest BCUT2D eigenvalue weighted by Crippen LogP contribution is 2.16. The number of fused-ring (bicyclic) bond motifs is 1. The van der Waals surface area contributed by atoms with Gasteiger partial charge in [-0.3, -0.25) is 4.79 Å². The standard InChI is InChI=1S/C25H24N6O2/c32-24(29-14-16-30(17-15-29)25-26-11-3-12-27-25)10-7-20-5-8-22(9-6-20)33-19-21-18-31-13-2-1-4-23(31)28-21/h1-13,18H,14-17,19H2/b10-7+. The summed E-state index contributed by atoms with van der Waals surface area (Å²) in [6.45, 7) is 3.15. The number of carbonyl (C=O) groups is 1. The van der Waals surface area contributed by atoms with Crippen molar-refractivity contribution in [2.24, 2.45) is 0 Å². The molecule has 1 fully saturated rings. The average Bonchev–Trinajstić information content (AvgIpc) is 3.30. The van der Waals surface area contributed by atoms with Gasteiger partial charge in [-0.15, -0.1) is 0 Å². The molecule has 1 aliphatic heterocycles. The lowest BCUT2D eigenvalue weighted by atomic mass is 10.2. The molecule has 4 heterocycles. The summed E-state index contributed by atoms with van der Waals surface area (Å²) in [5.74, 6) is 1.48. The third-order valence-electron chi connectivity index (χ3n) is 5.53. The van der Waals surface area contributed by atoms with Gasteiger partial charge in [0, 0.05) is 57.0 Å². The Morgan fingerprint density at radius 3 is 2.52 bits per heavy atom. The number of hydrogen-bond donors (Lipinski definition) is 0. The minimum Gasteiger partial charge on any atom is -0.487 e. The molecule has 0 radical (unpaired) electrons. The van der Waals surface area contributed by atoms with E-state index in [9.17, 15) is 4.79 Å². The molecule has 1 saturated heterocycles. The van der Waals surface area contributed by atoms with Gasteiger partial charge in [-0.2, -0.15) is 0 Å². The van der Waals surface area contributed by atoms with Crippen molar-refractivity contribution in [1.29, 1.82) is 0 Å². The lowest BCUT2D eigenvalue weighted by Gasteiger charge is -2.34. The molecule has 0 atom stereocenters. The highest BCUT2D eigenvalue weighted by molar-refractivity contribution is 5.92. The van der Waals surface area contributed by atoms with Crippen LogP contribution in [0.15, 0.2) is 79.4 Å². The van der Waals surface area contributed by atoms with Crippen molar-refractivity contribution in [1.82, 2.24) is 24.3 Å². The Kier molecular flexibility index (Phi) is 5.97. The molecule has 5 rings (SSSR count). The van der Waals surface area contributed by atoms with Crippen LogP contribution in [0.2, 0.25) is 0 Å². The Bertz CT molecular complexity index is 1210. The minimum atomic E-state index is 0.0100. The normalized spacial score (nSPS) is 14.2. The van der Waals surface area contributed by atoms with Gasteiger partial charge in [-0.05, 0) is 42.0 Å². The van der Waals surface area contributed by atoms with Crippen LogP contribution in [0.1, 0.15) is 11.3 Å². The zero-order valence-corrected chi connectivity index (χ0v) is 18.1. The number of carbonyl (C=O) groups excluding carboxylic acids is 1. The molecule has 1 amide bonds. The van der Waals surface area contributed by atoms with Crippen LogP contribution < -0.4 is 9.64 Å². The second-order valence-corrected chi connectivity index (χ2v) is 7.75. The number of anilines is 1. The maximum Gasteiger partial charge on any atom is 0.246 e. The van der Waals surface area contributed by atoms with Gasteiger partial charge in [0.1, 0.15) is 18.0 Å². The molecule has 1 aliphatic rings. The number of hydrogen-bond acceptors (Lipinski definition) is 6. The van der Waals surface area contributed by atoms with Gasteiger partial charge in [0.05, 0.1) is 5.69 Å². The highest BCUT2D eigenvalue weighted by Gasteiger charge is 2.20. The zero-order chi connectivity index (χ0) is 22.5. The zero-order valence-electron chi connectivity index (χ0n) is 18.1. The molecule has 0 aliphatic carbocycles. The molecule has 0 bridgehead atoms. The summed E-state index contributed by atoms with van der Waals surface area (Å²) in [5.41, 5.74) is 2.71. The molecular weight excluding hydrogens is 416 g/mol. The fourth-order valence-electron chi connectivity index (χ4n) is 3.74. The van der Waals surface area contributed by atoms with E-state index >= 15 is 0 Å². The largest absolute Gasteiger partial charge is 0.487 e. The van der Waals surface area contributed by atoms with Crippen LogP contribution in [0.4, 0.5) is 5.95 Å². The lowest BCUT2D eigenvalue weighted by Crippen LogP contribution is -2.48. The Labute approximate surface area is 191 Å².